The summed E-state index contributed by atoms with van der Waals surface area (Å²) in [5.41, 5.74) is 0.812. The minimum absolute atomic E-state index is 0.0962. The van der Waals surface area contributed by atoms with Crippen LogP contribution in [0.1, 0.15) is 39.2 Å². The van der Waals surface area contributed by atoms with E-state index in [2.05, 4.69) is 19.2 Å². The molecule has 0 saturated heterocycles. The zero-order valence-electron chi connectivity index (χ0n) is 14.2. The van der Waals surface area contributed by atoms with Gasteiger partial charge in [-0.15, -0.1) is 0 Å². The Balaban J connectivity index is 2.65. The van der Waals surface area contributed by atoms with E-state index >= 15 is 0 Å². The van der Waals surface area contributed by atoms with Gasteiger partial charge < -0.3 is 14.8 Å². The van der Waals surface area contributed by atoms with Crippen molar-refractivity contribution in [2.45, 2.75) is 39.7 Å². The van der Waals surface area contributed by atoms with Gasteiger partial charge >= 0.3 is 0 Å². The van der Waals surface area contributed by atoms with Gasteiger partial charge in [0.05, 0.1) is 14.2 Å². The molecular weight excluding hydrogens is 278 g/mol. The fourth-order valence-corrected chi connectivity index (χ4v) is 2.08. The highest BCUT2D eigenvalue weighted by molar-refractivity contribution is 5.92. The highest BCUT2D eigenvalue weighted by Crippen LogP contribution is 2.25. The van der Waals surface area contributed by atoms with E-state index in [-0.39, 0.29) is 11.9 Å². The zero-order valence-corrected chi connectivity index (χ0v) is 14.2. The number of benzene rings is 1. The number of nitrogens with one attached hydrogen (secondary N) is 1. The number of ether oxygens (including phenoxy) is 2. The number of rotatable bonds is 8. The standard InChI is InChI=1S/C18H27NO3/c1-13(2)6-7-14(3)19-18(20)11-8-15-12-16(21-4)9-10-17(15)22-5/h8-14H,6-7H2,1-5H3,(H,19,20)/b11-8+. The van der Waals surface area contributed by atoms with E-state index in [4.69, 9.17) is 9.47 Å². The molecule has 0 fully saturated rings. The molecule has 1 rings (SSSR count). The second-order valence-corrected chi connectivity index (χ2v) is 5.82. The van der Waals surface area contributed by atoms with Crippen molar-refractivity contribution in [2.24, 2.45) is 5.92 Å². The van der Waals surface area contributed by atoms with Crippen LogP contribution in [-0.4, -0.2) is 26.2 Å². The first-order valence-electron chi connectivity index (χ1n) is 7.66. The average Bonchev–Trinajstić information content (AvgIpc) is 2.50. The van der Waals surface area contributed by atoms with Gasteiger partial charge in [-0.1, -0.05) is 13.8 Å². The molecule has 22 heavy (non-hydrogen) atoms. The van der Waals surface area contributed by atoms with Crippen molar-refractivity contribution in [2.75, 3.05) is 14.2 Å². The van der Waals surface area contributed by atoms with Gasteiger partial charge in [-0.2, -0.15) is 0 Å². The summed E-state index contributed by atoms with van der Waals surface area (Å²) in [6.45, 7) is 6.40. The molecule has 1 N–H and O–H groups in total. The quantitative estimate of drug-likeness (QED) is 0.746. The molecular formula is C18H27NO3. The molecule has 1 aromatic carbocycles. The lowest BCUT2D eigenvalue weighted by Crippen LogP contribution is -2.31. The highest BCUT2D eigenvalue weighted by Gasteiger charge is 2.07. The summed E-state index contributed by atoms with van der Waals surface area (Å²) in [5.74, 6) is 1.99. The molecule has 0 bridgehead atoms. The summed E-state index contributed by atoms with van der Waals surface area (Å²) in [6, 6.07) is 5.66. The van der Waals surface area contributed by atoms with E-state index in [1.165, 1.54) is 6.08 Å². The number of methoxy groups -OCH3 is 2. The summed E-state index contributed by atoms with van der Waals surface area (Å²) < 4.78 is 10.5. The Morgan fingerprint density at radius 2 is 1.91 bits per heavy atom. The minimum atomic E-state index is -0.0962. The molecule has 0 aliphatic rings. The molecule has 122 valence electrons. The van der Waals surface area contributed by atoms with E-state index in [0.717, 1.165) is 24.2 Å². The normalized spacial score (nSPS) is 12.5. The molecule has 1 atom stereocenters. The van der Waals surface area contributed by atoms with Crippen molar-refractivity contribution in [1.82, 2.24) is 5.32 Å². The lowest BCUT2D eigenvalue weighted by atomic mass is 10.0. The van der Waals surface area contributed by atoms with Crippen LogP contribution in [0.5, 0.6) is 11.5 Å². The van der Waals surface area contributed by atoms with Crippen LogP contribution in [-0.2, 0) is 4.79 Å². The fourth-order valence-electron chi connectivity index (χ4n) is 2.08. The maximum absolute atomic E-state index is 12.0. The molecule has 0 radical (unpaired) electrons. The topological polar surface area (TPSA) is 47.6 Å². The molecule has 4 nitrogen and oxygen atoms in total. The monoisotopic (exact) mass is 305 g/mol. The third-order valence-corrected chi connectivity index (χ3v) is 3.42. The molecule has 1 aromatic rings. The molecule has 1 unspecified atom stereocenters. The van der Waals surface area contributed by atoms with Gasteiger partial charge in [0.2, 0.25) is 5.91 Å². The summed E-state index contributed by atoms with van der Waals surface area (Å²) in [6.07, 6.45) is 5.36. The Morgan fingerprint density at radius 3 is 2.50 bits per heavy atom. The van der Waals surface area contributed by atoms with E-state index in [1.54, 1.807) is 20.3 Å². The van der Waals surface area contributed by atoms with Gasteiger partial charge in [0, 0.05) is 17.7 Å². The minimum Gasteiger partial charge on any atom is -0.497 e. The second-order valence-electron chi connectivity index (χ2n) is 5.82. The van der Waals surface area contributed by atoms with Crippen LogP contribution in [0.4, 0.5) is 0 Å². The van der Waals surface area contributed by atoms with Gasteiger partial charge in [0.1, 0.15) is 11.5 Å². The largest absolute Gasteiger partial charge is 0.497 e. The molecule has 0 spiro atoms. The molecule has 4 heteroatoms. The zero-order chi connectivity index (χ0) is 16.5. The van der Waals surface area contributed by atoms with Crippen LogP contribution in [0, 0.1) is 5.92 Å². The van der Waals surface area contributed by atoms with Crippen molar-refractivity contribution >= 4 is 12.0 Å². The smallest absolute Gasteiger partial charge is 0.244 e. The number of carbonyl (C=O) groups excluding carboxylic acids is 1. The summed E-state index contributed by atoms with van der Waals surface area (Å²) in [5, 5.41) is 2.97. The van der Waals surface area contributed by atoms with Gasteiger partial charge in [0.15, 0.2) is 0 Å². The lowest BCUT2D eigenvalue weighted by Gasteiger charge is -2.13. The van der Waals surface area contributed by atoms with Gasteiger partial charge in [-0.05, 0) is 50.0 Å². The summed E-state index contributed by atoms with van der Waals surface area (Å²) >= 11 is 0. The van der Waals surface area contributed by atoms with E-state index in [9.17, 15) is 4.79 Å². The third kappa shape index (κ3) is 6.20. The summed E-state index contributed by atoms with van der Waals surface area (Å²) in [4.78, 5) is 12.0. The molecule has 0 aliphatic carbocycles. The van der Waals surface area contributed by atoms with Crippen molar-refractivity contribution in [1.29, 1.82) is 0 Å². The third-order valence-electron chi connectivity index (χ3n) is 3.42. The first kappa shape index (κ1) is 18.1. The van der Waals surface area contributed by atoms with Crippen LogP contribution >= 0.6 is 0 Å². The van der Waals surface area contributed by atoms with Crippen molar-refractivity contribution in [3.63, 3.8) is 0 Å². The van der Waals surface area contributed by atoms with Gasteiger partial charge in [-0.25, -0.2) is 0 Å². The van der Waals surface area contributed by atoms with Crippen LogP contribution in [0.15, 0.2) is 24.3 Å². The molecule has 1 amide bonds. The second kappa shape index (κ2) is 9.13. The van der Waals surface area contributed by atoms with Crippen LogP contribution in [0.3, 0.4) is 0 Å². The number of hydrogen-bond donors (Lipinski definition) is 1. The van der Waals surface area contributed by atoms with Gasteiger partial charge in [0.25, 0.3) is 0 Å². The Bertz CT molecular complexity index is 509. The first-order chi connectivity index (χ1) is 10.5. The number of carbonyl (C=O) groups is 1. The van der Waals surface area contributed by atoms with Crippen molar-refractivity contribution < 1.29 is 14.3 Å². The predicted molar refractivity (Wildman–Crippen MR) is 90.3 cm³/mol. The number of amides is 1. The molecule has 0 aliphatic heterocycles. The highest BCUT2D eigenvalue weighted by atomic mass is 16.5. The predicted octanol–water partition coefficient (Wildman–Crippen LogP) is 3.66. The van der Waals surface area contributed by atoms with Crippen LogP contribution in [0.2, 0.25) is 0 Å². The molecule has 0 aromatic heterocycles. The maximum atomic E-state index is 12.0. The van der Waals surface area contributed by atoms with Crippen molar-refractivity contribution in [3.8, 4) is 11.5 Å². The lowest BCUT2D eigenvalue weighted by molar-refractivity contribution is -0.117. The van der Waals surface area contributed by atoms with Crippen molar-refractivity contribution in [3.05, 3.63) is 29.8 Å². The Kier molecular flexibility index (Phi) is 7.50. The van der Waals surface area contributed by atoms with Crippen LogP contribution < -0.4 is 14.8 Å². The van der Waals surface area contributed by atoms with Gasteiger partial charge in [-0.3, -0.25) is 4.79 Å². The van der Waals surface area contributed by atoms with Crippen LogP contribution in [0.25, 0.3) is 6.08 Å². The first-order valence-corrected chi connectivity index (χ1v) is 7.66. The fraction of sp³-hybridized carbons (Fsp3) is 0.500. The van der Waals surface area contributed by atoms with E-state index < -0.39 is 0 Å². The Hall–Kier alpha value is -1.97. The summed E-state index contributed by atoms with van der Waals surface area (Å²) in [7, 11) is 3.21. The Morgan fingerprint density at radius 1 is 1.18 bits per heavy atom. The number of hydrogen-bond acceptors (Lipinski definition) is 3. The maximum Gasteiger partial charge on any atom is 0.244 e. The average molecular weight is 305 g/mol. The molecule has 0 heterocycles. The van der Waals surface area contributed by atoms with E-state index in [0.29, 0.717) is 11.7 Å². The Labute approximate surface area is 133 Å². The van der Waals surface area contributed by atoms with E-state index in [1.807, 2.05) is 25.1 Å². The molecule has 0 saturated carbocycles. The SMILES string of the molecule is COc1ccc(OC)c(/C=C/C(=O)NC(C)CCC(C)C)c1.